The maximum atomic E-state index is 10.9. The zero-order valence-corrected chi connectivity index (χ0v) is 10.2. The summed E-state index contributed by atoms with van der Waals surface area (Å²) in [5.74, 6) is -0.127. The molecule has 1 aromatic carbocycles. The molecule has 0 unspecified atom stereocenters. The van der Waals surface area contributed by atoms with Crippen LogP contribution in [0.1, 0.15) is 5.56 Å². The molecule has 1 aromatic rings. The van der Waals surface area contributed by atoms with Gasteiger partial charge in [0.1, 0.15) is 5.75 Å². The molecule has 0 atom stereocenters. The minimum Gasteiger partial charge on any atom is -0.382 e. The van der Waals surface area contributed by atoms with Gasteiger partial charge in [-0.25, -0.2) is 0 Å². The summed E-state index contributed by atoms with van der Waals surface area (Å²) >= 11 is 0. The van der Waals surface area contributed by atoms with Crippen molar-refractivity contribution in [2.75, 3.05) is 6.26 Å². The predicted octanol–water partition coefficient (Wildman–Crippen LogP) is 0.580. The van der Waals surface area contributed by atoms with Crippen molar-refractivity contribution < 1.29 is 25.6 Å². The minimum absolute atomic E-state index is 0.127. The third-order valence-electron chi connectivity index (χ3n) is 1.70. The van der Waals surface area contributed by atoms with Crippen molar-refractivity contribution in [1.29, 1.82) is 0 Å². The molecule has 0 aromatic heterocycles. The molecule has 0 saturated carbocycles. The zero-order valence-electron chi connectivity index (χ0n) is 8.54. The van der Waals surface area contributed by atoms with Crippen LogP contribution in [0.15, 0.2) is 23.1 Å². The van der Waals surface area contributed by atoms with E-state index in [-0.39, 0.29) is 5.75 Å². The second-order valence-electron chi connectivity index (χ2n) is 3.19. The van der Waals surface area contributed by atoms with E-state index in [1.165, 1.54) is 6.07 Å². The van der Waals surface area contributed by atoms with Crippen molar-refractivity contribution >= 4 is 20.2 Å². The summed E-state index contributed by atoms with van der Waals surface area (Å²) in [6, 6.07) is 3.44. The summed E-state index contributed by atoms with van der Waals surface area (Å²) < 4.78 is 56.7. The molecule has 0 saturated heterocycles. The monoisotopic (exact) mass is 266 g/mol. The first-order chi connectivity index (χ1) is 7.09. The van der Waals surface area contributed by atoms with Crippen LogP contribution in [0, 0.1) is 6.92 Å². The van der Waals surface area contributed by atoms with Crippen LogP contribution >= 0.6 is 0 Å². The lowest BCUT2D eigenvalue weighted by Gasteiger charge is -2.07. The zero-order chi connectivity index (χ0) is 12.6. The molecule has 90 valence electrons. The van der Waals surface area contributed by atoms with Crippen LogP contribution < -0.4 is 4.18 Å². The molecular formula is C8H10O6S2. The van der Waals surface area contributed by atoms with Gasteiger partial charge in [-0.05, 0) is 18.6 Å². The molecule has 8 heteroatoms. The summed E-state index contributed by atoms with van der Waals surface area (Å²) in [6.45, 7) is 1.55. The molecule has 0 aliphatic rings. The highest BCUT2D eigenvalue weighted by Crippen LogP contribution is 2.23. The van der Waals surface area contributed by atoms with E-state index < -0.39 is 25.1 Å². The van der Waals surface area contributed by atoms with Gasteiger partial charge in [0.25, 0.3) is 10.1 Å². The Hall–Kier alpha value is -1.12. The number of hydrogen-bond donors (Lipinski definition) is 1. The first-order valence-corrected chi connectivity index (χ1v) is 7.33. The highest BCUT2D eigenvalue weighted by atomic mass is 32.2. The number of aryl methyl sites for hydroxylation is 1. The van der Waals surface area contributed by atoms with Crippen LogP contribution in [0.3, 0.4) is 0 Å². The van der Waals surface area contributed by atoms with Crippen LogP contribution in [0.4, 0.5) is 0 Å². The number of benzene rings is 1. The molecule has 0 radical (unpaired) electrons. The standard InChI is InChI=1S/C8H10O6S2/c1-6-3-4-7(16(11,12)13)5-8(6)14-15(2,9)10/h3-5H,1-2H3,(H,11,12,13). The van der Waals surface area contributed by atoms with Gasteiger partial charge in [-0.1, -0.05) is 6.07 Å². The molecular weight excluding hydrogens is 256 g/mol. The Morgan fingerprint density at radius 3 is 2.19 bits per heavy atom. The Morgan fingerprint density at radius 1 is 1.19 bits per heavy atom. The molecule has 0 fully saturated rings. The summed E-state index contributed by atoms with van der Waals surface area (Å²) in [5, 5.41) is 0. The van der Waals surface area contributed by atoms with Crippen LogP contribution in [0.2, 0.25) is 0 Å². The first-order valence-electron chi connectivity index (χ1n) is 4.07. The third kappa shape index (κ3) is 3.47. The highest BCUT2D eigenvalue weighted by molar-refractivity contribution is 7.86. The highest BCUT2D eigenvalue weighted by Gasteiger charge is 2.14. The van der Waals surface area contributed by atoms with Crippen LogP contribution in [-0.2, 0) is 20.2 Å². The number of hydrogen-bond acceptors (Lipinski definition) is 5. The van der Waals surface area contributed by atoms with Crippen molar-refractivity contribution in [3.05, 3.63) is 23.8 Å². The summed E-state index contributed by atoms with van der Waals surface area (Å²) in [6.07, 6.45) is 0.840. The lowest BCUT2D eigenvalue weighted by atomic mass is 10.2. The van der Waals surface area contributed by atoms with E-state index in [4.69, 9.17) is 4.55 Å². The molecule has 6 nitrogen and oxygen atoms in total. The van der Waals surface area contributed by atoms with Gasteiger partial charge in [0.05, 0.1) is 11.2 Å². The SMILES string of the molecule is Cc1ccc(S(=O)(=O)O)cc1OS(C)(=O)=O. The molecule has 0 spiro atoms. The lowest BCUT2D eigenvalue weighted by molar-refractivity contribution is 0.477. The van der Waals surface area contributed by atoms with Gasteiger partial charge < -0.3 is 4.18 Å². The summed E-state index contributed by atoms with van der Waals surface area (Å²) in [5.41, 5.74) is 0.442. The van der Waals surface area contributed by atoms with E-state index in [0.29, 0.717) is 5.56 Å². The molecule has 0 bridgehead atoms. The first kappa shape index (κ1) is 12.9. The fourth-order valence-corrected chi connectivity index (χ4v) is 2.00. The van der Waals surface area contributed by atoms with E-state index in [1.807, 2.05) is 0 Å². The van der Waals surface area contributed by atoms with Crippen LogP contribution in [-0.4, -0.2) is 27.6 Å². The average molecular weight is 266 g/mol. The van der Waals surface area contributed by atoms with Crippen molar-refractivity contribution in [2.24, 2.45) is 0 Å². The third-order valence-corrected chi connectivity index (χ3v) is 3.03. The van der Waals surface area contributed by atoms with Gasteiger partial charge in [-0.2, -0.15) is 16.8 Å². The van der Waals surface area contributed by atoms with Crippen molar-refractivity contribution in [1.82, 2.24) is 0 Å². The van der Waals surface area contributed by atoms with Crippen LogP contribution in [0.5, 0.6) is 5.75 Å². The van der Waals surface area contributed by atoms with E-state index in [0.717, 1.165) is 18.4 Å². The Labute approximate surface area is 93.7 Å². The molecule has 0 amide bonds. The van der Waals surface area contributed by atoms with E-state index in [9.17, 15) is 16.8 Å². The lowest BCUT2D eigenvalue weighted by Crippen LogP contribution is -2.08. The molecule has 0 aliphatic carbocycles. The fourth-order valence-electron chi connectivity index (χ4n) is 0.994. The normalized spacial score (nSPS) is 12.4. The second-order valence-corrected chi connectivity index (χ2v) is 6.19. The summed E-state index contributed by atoms with van der Waals surface area (Å²) in [7, 11) is -8.11. The van der Waals surface area contributed by atoms with Crippen LogP contribution in [0.25, 0.3) is 0 Å². The Bertz CT molecular complexity index is 599. The van der Waals surface area contributed by atoms with Gasteiger partial charge in [-0.15, -0.1) is 0 Å². The number of rotatable bonds is 3. The van der Waals surface area contributed by atoms with Gasteiger partial charge in [0, 0.05) is 6.07 Å². The Balaban J connectivity index is 3.31. The van der Waals surface area contributed by atoms with Crippen molar-refractivity contribution in [3.63, 3.8) is 0 Å². The molecule has 1 N–H and O–H groups in total. The topological polar surface area (TPSA) is 97.7 Å². The smallest absolute Gasteiger partial charge is 0.306 e. The molecule has 0 aliphatic heterocycles. The predicted molar refractivity (Wildman–Crippen MR) is 56.5 cm³/mol. The maximum Gasteiger partial charge on any atom is 0.306 e. The maximum absolute atomic E-state index is 10.9. The summed E-state index contributed by atoms with van der Waals surface area (Å²) in [4.78, 5) is -0.420. The largest absolute Gasteiger partial charge is 0.382 e. The average Bonchev–Trinajstić information content (AvgIpc) is 2.04. The van der Waals surface area contributed by atoms with Crippen molar-refractivity contribution in [2.45, 2.75) is 11.8 Å². The Morgan fingerprint density at radius 2 is 1.75 bits per heavy atom. The van der Waals surface area contributed by atoms with Gasteiger partial charge in [-0.3, -0.25) is 4.55 Å². The molecule has 1 rings (SSSR count). The van der Waals surface area contributed by atoms with Crippen molar-refractivity contribution in [3.8, 4) is 5.75 Å². The molecule has 0 heterocycles. The minimum atomic E-state index is -4.37. The van der Waals surface area contributed by atoms with Gasteiger partial charge in [0.2, 0.25) is 0 Å². The van der Waals surface area contributed by atoms with E-state index >= 15 is 0 Å². The second kappa shape index (κ2) is 4.04. The van der Waals surface area contributed by atoms with Gasteiger partial charge >= 0.3 is 10.1 Å². The van der Waals surface area contributed by atoms with E-state index in [1.54, 1.807) is 6.92 Å². The Kier molecular flexibility index (Phi) is 3.27. The fraction of sp³-hybridized carbons (Fsp3) is 0.250. The van der Waals surface area contributed by atoms with Gasteiger partial charge in [0.15, 0.2) is 0 Å². The quantitative estimate of drug-likeness (QED) is 0.634. The van der Waals surface area contributed by atoms with E-state index in [2.05, 4.69) is 4.18 Å². The molecule has 16 heavy (non-hydrogen) atoms.